The lowest BCUT2D eigenvalue weighted by atomic mass is 10.1. The number of hydrogen-bond acceptors (Lipinski definition) is 12. The molecule has 0 amide bonds. The van der Waals surface area contributed by atoms with E-state index in [-0.39, 0.29) is 45.9 Å². The van der Waals surface area contributed by atoms with Crippen molar-refractivity contribution in [2.45, 2.75) is 31.5 Å². The van der Waals surface area contributed by atoms with Crippen LogP contribution in [0.4, 0.5) is 10.1 Å². The zero-order chi connectivity index (χ0) is 38.5. The first-order valence-corrected chi connectivity index (χ1v) is 16.8. The number of pyridine rings is 1. The van der Waals surface area contributed by atoms with E-state index < -0.39 is 60.0 Å². The number of benzene rings is 3. The molecule has 16 heteroatoms. The van der Waals surface area contributed by atoms with Gasteiger partial charge in [-0.15, -0.1) is 0 Å². The number of carbonyl (C=O) groups is 3. The standard InChI is InChI=1S/C38H32ClFN4O10/c1-42(2)28-14-13-25(17-26(28)39)36(48)53-29-12-7-15-41-33(29)54-37(49)24-11-6-10-23(16-24)34(46)44-35(47)27(40)19-43(38(44)50)32-18-30(31(20-45)52-32)51-21-22-8-4-3-5-9-22/h3-17,19,30-32,45H,18,20-21H2,1-2H3/t30-,31+,32+/m0/s1. The number of aromatic nitrogens is 3. The van der Waals surface area contributed by atoms with Gasteiger partial charge in [0.2, 0.25) is 5.82 Å². The molecule has 54 heavy (non-hydrogen) atoms. The number of ether oxygens (including phenoxy) is 4. The van der Waals surface area contributed by atoms with Crippen LogP contribution in [0.15, 0.2) is 107 Å². The molecule has 3 heterocycles. The molecule has 0 radical (unpaired) electrons. The molecule has 0 saturated carbocycles. The molecule has 6 rings (SSSR count). The summed E-state index contributed by atoms with van der Waals surface area (Å²) < 4.78 is 38.4. The van der Waals surface area contributed by atoms with Crippen LogP contribution in [0.2, 0.25) is 5.02 Å². The van der Waals surface area contributed by atoms with Gasteiger partial charge in [-0.1, -0.05) is 48.0 Å². The normalized spacial score (nSPS) is 16.5. The summed E-state index contributed by atoms with van der Waals surface area (Å²) in [5.74, 6) is -5.10. The summed E-state index contributed by atoms with van der Waals surface area (Å²) in [4.78, 5) is 72.0. The van der Waals surface area contributed by atoms with Gasteiger partial charge in [0, 0.05) is 32.3 Å². The average Bonchev–Trinajstić information content (AvgIpc) is 3.59. The number of aliphatic hydroxyl groups excluding tert-OH is 1. The summed E-state index contributed by atoms with van der Waals surface area (Å²) in [6.07, 6.45) is -0.868. The summed E-state index contributed by atoms with van der Waals surface area (Å²) in [5.41, 5.74) is -1.66. The molecule has 0 bridgehead atoms. The molecular weight excluding hydrogens is 727 g/mol. The first-order valence-electron chi connectivity index (χ1n) is 16.4. The molecular formula is C38H32ClFN4O10. The SMILES string of the molecule is CN(C)c1ccc(C(=O)Oc2cccnc2OC(=O)c2cccc(C(=O)n3c(=O)c(F)cn([C@H]4C[C@H](OCc5ccccc5)[C@@H](CO)O4)c3=O)c2)cc1Cl. The van der Waals surface area contributed by atoms with Gasteiger partial charge in [-0.05, 0) is 54.1 Å². The van der Waals surface area contributed by atoms with E-state index in [1.807, 2.05) is 30.3 Å². The van der Waals surface area contributed by atoms with Crippen LogP contribution in [0, 0.1) is 5.82 Å². The van der Waals surface area contributed by atoms with Gasteiger partial charge < -0.3 is 29.0 Å². The van der Waals surface area contributed by atoms with E-state index in [1.54, 1.807) is 25.1 Å². The topological polar surface area (TPSA) is 168 Å². The van der Waals surface area contributed by atoms with E-state index in [0.29, 0.717) is 16.9 Å². The van der Waals surface area contributed by atoms with E-state index in [2.05, 4.69) is 4.98 Å². The summed E-state index contributed by atoms with van der Waals surface area (Å²) in [7, 11) is 3.58. The molecule has 1 aliphatic rings. The van der Waals surface area contributed by atoms with Crippen LogP contribution < -0.4 is 25.6 Å². The van der Waals surface area contributed by atoms with Crippen LogP contribution in [0.1, 0.15) is 49.3 Å². The zero-order valence-corrected chi connectivity index (χ0v) is 29.5. The third-order valence-electron chi connectivity index (χ3n) is 8.39. The van der Waals surface area contributed by atoms with Crippen LogP contribution in [-0.4, -0.2) is 70.0 Å². The number of halogens is 2. The van der Waals surface area contributed by atoms with Crippen LogP contribution in [0.25, 0.3) is 0 Å². The summed E-state index contributed by atoms with van der Waals surface area (Å²) in [6.45, 7) is -0.303. The van der Waals surface area contributed by atoms with Gasteiger partial charge in [0.1, 0.15) is 12.3 Å². The molecule has 1 fully saturated rings. The van der Waals surface area contributed by atoms with E-state index in [0.717, 1.165) is 16.2 Å². The minimum absolute atomic E-state index is 0.00751. The van der Waals surface area contributed by atoms with Crippen molar-refractivity contribution in [1.82, 2.24) is 14.1 Å². The summed E-state index contributed by atoms with van der Waals surface area (Å²) in [5, 5.41) is 10.2. The van der Waals surface area contributed by atoms with Crippen molar-refractivity contribution in [3.63, 3.8) is 0 Å². The molecule has 1 saturated heterocycles. The Balaban J connectivity index is 1.20. The Bertz CT molecular complexity index is 2330. The molecule has 0 spiro atoms. The van der Waals surface area contributed by atoms with Crippen LogP contribution in [0.5, 0.6) is 11.6 Å². The largest absolute Gasteiger partial charge is 0.417 e. The van der Waals surface area contributed by atoms with Gasteiger partial charge in [0.05, 0.1) is 47.4 Å². The Morgan fingerprint density at radius 2 is 1.67 bits per heavy atom. The Hall–Kier alpha value is -6.00. The molecule has 2 aromatic heterocycles. The fourth-order valence-electron chi connectivity index (χ4n) is 5.66. The number of nitrogens with zero attached hydrogens (tertiary/aromatic N) is 4. The Kier molecular flexibility index (Phi) is 11.4. The lowest BCUT2D eigenvalue weighted by Crippen LogP contribution is -2.46. The lowest BCUT2D eigenvalue weighted by molar-refractivity contribution is -0.0661. The second kappa shape index (κ2) is 16.3. The molecule has 1 aliphatic heterocycles. The van der Waals surface area contributed by atoms with Gasteiger partial charge >= 0.3 is 17.6 Å². The maximum atomic E-state index is 15.0. The number of rotatable bonds is 11. The summed E-state index contributed by atoms with van der Waals surface area (Å²) >= 11 is 6.29. The highest BCUT2D eigenvalue weighted by Crippen LogP contribution is 2.31. The highest BCUT2D eigenvalue weighted by Gasteiger charge is 2.38. The van der Waals surface area contributed by atoms with Crippen LogP contribution in [-0.2, 0) is 16.1 Å². The second-order valence-corrected chi connectivity index (χ2v) is 12.6. The van der Waals surface area contributed by atoms with Crippen molar-refractivity contribution in [2.75, 3.05) is 25.6 Å². The molecule has 0 aliphatic carbocycles. The molecule has 14 nitrogen and oxygen atoms in total. The predicted octanol–water partition coefficient (Wildman–Crippen LogP) is 4.26. The minimum Gasteiger partial charge on any atom is -0.417 e. The fourth-order valence-corrected chi connectivity index (χ4v) is 6.01. The number of aliphatic hydroxyl groups is 1. The smallest absolute Gasteiger partial charge is 0.345 e. The van der Waals surface area contributed by atoms with Gasteiger partial charge in [-0.2, -0.15) is 8.96 Å². The molecule has 3 atom stereocenters. The monoisotopic (exact) mass is 758 g/mol. The van der Waals surface area contributed by atoms with Crippen LogP contribution >= 0.6 is 11.6 Å². The Labute approximate surface area is 311 Å². The van der Waals surface area contributed by atoms with E-state index in [9.17, 15) is 29.1 Å². The lowest BCUT2D eigenvalue weighted by Gasteiger charge is -2.17. The van der Waals surface area contributed by atoms with Gasteiger partial charge in [-0.25, -0.2) is 19.4 Å². The minimum atomic E-state index is -1.53. The highest BCUT2D eigenvalue weighted by atomic mass is 35.5. The van der Waals surface area contributed by atoms with Gasteiger partial charge in [-0.3, -0.25) is 14.2 Å². The van der Waals surface area contributed by atoms with E-state index in [1.165, 1.54) is 48.7 Å². The summed E-state index contributed by atoms with van der Waals surface area (Å²) in [6, 6.07) is 21.4. The van der Waals surface area contributed by atoms with Crippen molar-refractivity contribution >= 4 is 35.1 Å². The van der Waals surface area contributed by atoms with Crippen molar-refractivity contribution in [3.8, 4) is 11.6 Å². The fraction of sp³-hybridized carbons (Fsp3) is 0.211. The van der Waals surface area contributed by atoms with Gasteiger partial charge in [0.25, 0.3) is 17.3 Å². The Morgan fingerprint density at radius 1 is 0.944 bits per heavy atom. The maximum Gasteiger partial charge on any atom is 0.345 e. The Morgan fingerprint density at radius 3 is 2.39 bits per heavy atom. The van der Waals surface area contributed by atoms with E-state index >= 15 is 4.39 Å². The van der Waals surface area contributed by atoms with E-state index in [4.69, 9.17) is 30.5 Å². The van der Waals surface area contributed by atoms with Crippen molar-refractivity contribution in [2.24, 2.45) is 0 Å². The van der Waals surface area contributed by atoms with Crippen LogP contribution in [0.3, 0.4) is 0 Å². The van der Waals surface area contributed by atoms with Crippen molar-refractivity contribution in [1.29, 1.82) is 0 Å². The molecule has 5 aromatic rings. The van der Waals surface area contributed by atoms with Gasteiger partial charge in [0.15, 0.2) is 5.75 Å². The van der Waals surface area contributed by atoms with Crippen molar-refractivity contribution < 1.29 is 42.8 Å². The molecule has 1 N–H and O–H groups in total. The second-order valence-electron chi connectivity index (χ2n) is 12.2. The first kappa shape index (κ1) is 37.7. The zero-order valence-electron chi connectivity index (χ0n) is 28.8. The first-order chi connectivity index (χ1) is 25.9. The quantitative estimate of drug-likeness (QED) is 0.191. The number of carbonyl (C=O) groups excluding carboxylic acids is 3. The third kappa shape index (κ3) is 8.14. The number of anilines is 1. The average molecular weight is 759 g/mol. The number of hydrogen-bond donors (Lipinski definition) is 1. The molecule has 3 aromatic carbocycles. The highest BCUT2D eigenvalue weighted by molar-refractivity contribution is 6.33. The van der Waals surface area contributed by atoms with Crippen molar-refractivity contribution in [3.05, 3.63) is 151 Å². The predicted molar refractivity (Wildman–Crippen MR) is 192 cm³/mol. The third-order valence-corrected chi connectivity index (χ3v) is 8.69. The molecule has 0 unspecified atom stereocenters. The molecule has 278 valence electrons. The maximum absolute atomic E-state index is 15.0. The number of esters is 2.